The molecule has 0 spiro atoms. The number of carbonyl (C=O) groups excluding carboxylic acids is 4. The van der Waals surface area contributed by atoms with E-state index in [4.69, 9.17) is 4.74 Å². The summed E-state index contributed by atoms with van der Waals surface area (Å²) in [6, 6.07) is 13.0. The molecule has 3 N–H and O–H groups in total. The number of nitrogens with zero attached hydrogens (tertiary/aromatic N) is 5. The molecule has 1 saturated carbocycles. The van der Waals surface area contributed by atoms with Gasteiger partial charge in [0.15, 0.2) is 6.10 Å². The van der Waals surface area contributed by atoms with E-state index in [-0.39, 0.29) is 31.7 Å². The second-order valence-electron chi connectivity index (χ2n) is 15.0. The van der Waals surface area contributed by atoms with Crippen molar-refractivity contribution in [1.29, 1.82) is 0 Å². The fraction of sp³-hybridized carbons (Fsp3) is 0.561. The van der Waals surface area contributed by atoms with Gasteiger partial charge in [0.2, 0.25) is 11.8 Å². The van der Waals surface area contributed by atoms with Crippen molar-refractivity contribution in [2.75, 3.05) is 32.6 Å². The van der Waals surface area contributed by atoms with Gasteiger partial charge in [-0.3, -0.25) is 19.3 Å². The molecule has 3 aromatic rings. The van der Waals surface area contributed by atoms with Gasteiger partial charge >= 0.3 is 6.09 Å². The zero-order valence-corrected chi connectivity index (χ0v) is 32.5. The van der Waals surface area contributed by atoms with Crippen molar-refractivity contribution in [3.05, 3.63) is 78.5 Å². The van der Waals surface area contributed by atoms with E-state index in [1.807, 2.05) is 30.3 Å². The van der Waals surface area contributed by atoms with E-state index in [1.54, 1.807) is 37.6 Å². The molecule has 1 aliphatic rings. The highest BCUT2D eigenvalue weighted by atomic mass is 16.6. The number of ether oxygens (including phenoxy) is 1. The molecular weight excluding hydrogens is 686 g/mol. The van der Waals surface area contributed by atoms with Crippen molar-refractivity contribution in [3.8, 4) is 0 Å². The summed E-state index contributed by atoms with van der Waals surface area (Å²) < 4.78 is 5.88. The van der Waals surface area contributed by atoms with Gasteiger partial charge in [0.1, 0.15) is 11.9 Å². The topological polar surface area (TPSA) is 161 Å². The number of anilines is 1. The van der Waals surface area contributed by atoms with E-state index in [0.29, 0.717) is 36.2 Å². The van der Waals surface area contributed by atoms with E-state index in [0.717, 1.165) is 37.7 Å². The maximum atomic E-state index is 14.4. The Balaban J connectivity index is 1.52. The lowest BCUT2D eigenvalue weighted by Gasteiger charge is -2.34. The molecule has 4 atom stereocenters. The Morgan fingerprint density at radius 3 is 2.33 bits per heavy atom. The second kappa shape index (κ2) is 21.2. The lowest BCUT2D eigenvalue weighted by atomic mass is 9.83. The summed E-state index contributed by atoms with van der Waals surface area (Å²) in [5, 5.41) is 14.6. The number of hydrogen-bond donors (Lipinski definition) is 3. The summed E-state index contributed by atoms with van der Waals surface area (Å²) in [5.74, 6) is 0.0923. The minimum absolute atomic E-state index is 0.00729. The largest absolute Gasteiger partial charge is 0.436 e. The quantitative estimate of drug-likeness (QED) is 0.152. The molecule has 1 aromatic carbocycles. The minimum atomic E-state index is -1.27. The maximum absolute atomic E-state index is 14.4. The van der Waals surface area contributed by atoms with Gasteiger partial charge in [0, 0.05) is 65.0 Å². The highest BCUT2D eigenvalue weighted by molar-refractivity contribution is 5.92. The zero-order chi connectivity index (χ0) is 39.0. The summed E-state index contributed by atoms with van der Waals surface area (Å²) in [7, 11) is 4.67. The number of hydrogen-bond acceptors (Lipinski definition) is 8. The second-order valence-corrected chi connectivity index (χ2v) is 15.0. The molecule has 0 aliphatic heterocycles. The SMILES string of the molecule is CC(C)CC[C@H](O)[C@H](CC1CCCCC1)NC(=O)[C@H](Cc1cnc[nH]1)N(C)C(=O)[C@H](Cc1ccccc1)OC(=O)N(C)CCC(=O)N(C)c1ccccn1. The van der Waals surface area contributed by atoms with Crippen molar-refractivity contribution in [3.63, 3.8) is 0 Å². The standard InChI is InChI=1S/C41H59N7O6/c1-29(2)19-20-35(49)33(24-30-14-8-6-9-15-30)45-39(51)34(26-32-27-42-28-44-32)47(4)40(52)36(25-31-16-10-7-11-17-31)54-41(53)46(3)23-21-38(50)48(5)37-18-12-13-22-43-37/h7,10-13,16-18,22,27-30,33-36,49H,6,8-9,14-15,19-21,23-26H2,1-5H3,(H,42,44)(H,45,51)/t33-,34-,35-,36-/m0/s1. The first-order chi connectivity index (χ1) is 25.9. The van der Waals surface area contributed by atoms with Gasteiger partial charge in [-0.25, -0.2) is 14.8 Å². The molecule has 54 heavy (non-hydrogen) atoms. The number of likely N-dealkylation sites (N-methyl/N-ethyl adjacent to an activating group) is 1. The molecule has 13 heteroatoms. The Kier molecular flexibility index (Phi) is 16.5. The molecule has 2 heterocycles. The molecular formula is C41H59N7O6. The average molecular weight is 746 g/mol. The van der Waals surface area contributed by atoms with Crippen molar-refractivity contribution in [2.24, 2.45) is 11.8 Å². The van der Waals surface area contributed by atoms with Crippen LogP contribution in [0, 0.1) is 11.8 Å². The number of pyridine rings is 1. The van der Waals surface area contributed by atoms with Gasteiger partial charge in [0.05, 0.1) is 18.5 Å². The highest BCUT2D eigenvalue weighted by Gasteiger charge is 2.36. The number of aromatic amines is 1. The molecule has 1 fully saturated rings. The molecule has 294 valence electrons. The molecule has 0 bridgehead atoms. The van der Waals surface area contributed by atoms with Crippen LogP contribution in [-0.4, -0.2) is 106 Å². The molecule has 13 nitrogen and oxygen atoms in total. The average Bonchev–Trinajstić information content (AvgIpc) is 3.71. The number of aliphatic hydroxyl groups is 1. The van der Waals surface area contributed by atoms with E-state index in [9.17, 15) is 24.3 Å². The number of H-pyrrole nitrogens is 1. The lowest BCUT2D eigenvalue weighted by Crippen LogP contribution is -2.56. The molecule has 4 amide bonds. The third-order valence-electron chi connectivity index (χ3n) is 10.4. The molecule has 0 unspecified atom stereocenters. The number of imidazole rings is 1. The lowest BCUT2D eigenvalue weighted by molar-refractivity contribution is -0.146. The Labute approximate surface area is 319 Å². The number of carbonyl (C=O) groups is 4. The van der Waals surface area contributed by atoms with Crippen LogP contribution in [0.25, 0.3) is 0 Å². The van der Waals surface area contributed by atoms with Crippen LogP contribution >= 0.6 is 0 Å². The Hall–Kier alpha value is -4.78. The summed E-state index contributed by atoms with van der Waals surface area (Å²) in [6.07, 6.45) is 9.81. The number of rotatable bonds is 19. The van der Waals surface area contributed by atoms with Crippen LogP contribution in [0.1, 0.15) is 82.9 Å². The van der Waals surface area contributed by atoms with E-state index >= 15 is 0 Å². The monoisotopic (exact) mass is 745 g/mol. The number of aliphatic hydroxyl groups excluding tert-OH is 1. The summed E-state index contributed by atoms with van der Waals surface area (Å²) in [6.45, 7) is 4.27. The van der Waals surface area contributed by atoms with Crippen molar-refractivity contribution < 1.29 is 29.0 Å². The minimum Gasteiger partial charge on any atom is -0.436 e. The van der Waals surface area contributed by atoms with Crippen LogP contribution in [0.5, 0.6) is 0 Å². The van der Waals surface area contributed by atoms with Crippen LogP contribution in [0.4, 0.5) is 10.6 Å². The molecule has 4 rings (SSSR count). The third kappa shape index (κ3) is 13.0. The Bertz CT molecular complexity index is 1580. The first kappa shape index (κ1) is 42.0. The Morgan fingerprint density at radius 1 is 0.963 bits per heavy atom. The summed E-state index contributed by atoms with van der Waals surface area (Å²) in [4.78, 5) is 70.5. The summed E-state index contributed by atoms with van der Waals surface area (Å²) in [5.41, 5.74) is 1.41. The van der Waals surface area contributed by atoms with E-state index in [1.165, 1.54) is 41.5 Å². The number of aromatic nitrogens is 3. The van der Waals surface area contributed by atoms with Gasteiger partial charge in [0.25, 0.3) is 5.91 Å². The van der Waals surface area contributed by atoms with Crippen LogP contribution in [0.2, 0.25) is 0 Å². The van der Waals surface area contributed by atoms with E-state index < -0.39 is 42.2 Å². The predicted octanol–water partition coefficient (Wildman–Crippen LogP) is 5.16. The maximum Gasteiger partial charge on any atom is 0.410 e. The van der Waals surface area contributed by atoms with Crippen LogP contribution in [-0.2, 0) is 32.0 Å². The molecule has 0 saturated heterocycles. The molecule has 1 aliphatic carbocycles. The first-order valence-corrected chi connectivity index (χ1v) is 19.3. The number of nitrogens with one attached hydrogen (secondary N) is 2. The molecule has 0 radical (unpaired) electrons. The summed E-state index contributed by atoms with van der Waals surface area (Å²) >= 11 is 0. The van der Waals surface area contributed by atoms with Crippen LogP contribution in [0.3, 0.4) is 0 Å². The molecule has 2 aromatic heterocycles. The van der Waals surface area contributed by atoms with Crippen LogP contribution in [0.15, 0.2) is 67.3 Å². The predicted molar refractivity (Wildman–Crippen MR) is 207 cm³/mol. The fourth-order valence-corrected chi connectivity index (χ4v) is 6.89. The fourth-order valence-electron chi connectivity index (χ4n) is 6.89. The highest BCUT2D eigenvalue weighted by Crippen LogP contribution is 2.29. The smallest absolute Gasteiger partial charge is 0.410 e. The van der Waals surface area contributed by atoms with Crippen molar-refractivity contribution in [2.45, 2.75) is 109 Å². The van der Waals surface area contributed by atoms with Gasteiger partial charge in [-0.2, -0.15) is 0 Å². The first-order valence-electron chi connectivity index (χ1n) is 19.3. The zero-order valence-electron chi connectivity index (χ0n) is 32.5. The van der Waals surface area contributed by atoms with Gasteiger partial charge < -0.3 is 29.9 Å². The van der Waals surface area contributed by atoms with Crippen LogP contribution < -0.4 is 10.2 Å². The van der Waals surface area contributed by atoms with Gasteiger partial charge in [-0.15, -0.1) is 0 Å². The van der Waals surface area contributed by atoms with Gasteiger partial charge in [-0.1, -0.05) is 82.3 Å². The third-order valence-corrected chi connectivity index (χ3v) is 10.4. The normalized spacial score (nSPS) is 15.5. The van der Waals surface area contributed by atoms with Gasteiger partial charge in [-0.05, 0) is 48.8 Å². The van der Waals surface area contributed by atoms with E-state index in [2.05, 4.69) is 34.1 Å². The Morgan fingerprint density at radius 2 is 1.69 bits per heavy atom. The van der Waals surface area contributed by atoms with Crippen molar-refractivity contribution in [1.82, 2.24) is 30.1 Å². The van der Waals surface area contributed by atoms with Crippen molar-refractivity contribution >= 4 is 29.6 Å². The number of amides is 4. The number of benzene rings is 1.